The van der Waals surface area contributed by atoms with Gasteiger partial charge in [-0.05, 0) is 73.1 Å². The van der Waals surface area contributed by atoms with Crippen LogP contribution in [-0.4, -0.2) is 289 Å². The second-order valence-corrected chi connectivity index (χ2v) is 28.0. The first-order valence-corrected chi connectivity index (χ1v) is 37.8. The van der Waals surface area contributed by atoms with Crippen LogP contribution in [0.25, 0.3) is 0 Å². The summed E-state index contributed by atoms with van der Waals surface area (Å²) in [6.07, 6.45) is 1.85. The van der Waals surface area contributed by atoms with Crippen molar-refractivity contribution < 1.29 is 129 Å². The zero-order valence-electron chi connectivity index (χ0n) is 62.2. The zero-order chi connectivity index (χ0) is 75.6. The molecule has 0 saturated carbocycles. The van der Waals surface area contributed by atoms with Crippen molar-refractivity contribution in [3.63, 3.8) is 0 Å². The van der Waals surface area contributed by atoms with Gasteiger partial charge in [-0.15, -0.1) is 0 Å². The monoisotopic (exact) mass is 1510 g/mol. The van der Waals surface area contributed by atoms with Gasteiger partial charge in [0.25, 0.3) is 5.91 Å². The molecule has 0 radical (unpaired) electrons. The van der Waals surface area contributed by atoms with Crippen LogP contribution in [0.2, 0.25) is 0 Å². The SMILES string of the molecule is C=C1C(C[C@@H]2O[C@H](C[C@H](O)CNC(=O)OCc3ccc(NC(=O)CNC(=O)C(NC(=O)CCOCCOCCOCCOCCOCCOCCOCCOCCOCCC(=O)ON(C)C(=O)CCC=O)C(C)C)cc3)C[C@H]2CC(=O)C[C@H]2CC[C@@H]3O[C@@H]4[C@H]5O[C@@H]6C[C@H](O[C@H]5[C@H]3O2)O[C@H]46)O[C@@H](CC)C[C@H]1C. The van der Waals surface area contributed by atoms with Gasteiger partial charge in [-0.2, -0.15) is 5.06 Å². The number of alkyl carbamates (subject to hydrolysis) is 1. The molecule has 1 aromatic rings. The molecule has 2 unspecified atom stereocenters. The summed E-state index contributed by atoms with van der Waals surface area (Å²) in [5.74, 6) is -2.55. The number of aliphatic hydroxyl groups is 1. The highest BCUT2D eigenvalue weighted by Crippen LogP contribution is 2.49. The lowest BCUT2D eigenvalue weighted by Crippen LogP contribution is -2.61. The molecule has 6 bridgehead atoms. The average molecular weight is 1510 g/mol. The Kier molecular flexibility index (Phi) is 37.8. The number of ether oxygens (including phenoxy) is 17. The highest BCUT2D eigenvalue weighted by molar-refractivity contribution is 5.96. The first-order valence-electron chi connectivity index (χ1n) is 37.8. The summed E-state index contributed by atoms with van der Waals surface area (Å²) in [5.41, 5.74) is 2.09. The van der Waals surface area contributed by atoms with E-state index in [-0.39, 0.29) is 194 Å². The second-order valence-electron chi connectivity index (χ2n) is 28.0. The van der Waals surface area contributed by atoms with Crippen LogP contribution in [0.5, 0.6) is 0 Å². The van der Waals surface area contributed by atoms with Gasteiger partial charge in [0.05, 0.1) is 181 Å². The molecule has 5 amide bonds. The number of aldehydes is 1. The van der Waals surface area contributed by atoms with Gasteiger partial charge in [0.2, 0.25) is 17.7 Å². The first kappa shape index (κ1) is 85.8. The molecular weight excluding hydrogens is 1390 g/mol. The number of fused-ring (bicyclic) bond motifs is 1. The van der Waals surface area contributed by atoms with Gasteiger partial charge in [0.1, 0.15) is 55.2 Å². The van der Waals surface area contributed by atoms with Crippen LogP contribution >= 0.6 is 0 Å². The number of ketones is 1. The highest BCUT2D eigenvalue weighted by atomic mass is 16.8. The molecular formula is C74H115N5O27. The van der Waals surface area contributed by atoms with Crippen LogP contribution in [-0.2, 0) is 126 Å². The largest absolute Gasteiger partial charge is 0.445 e. The maximum Gasteiger partial charge on any atom is 0.407 e. The van der Waals surface area contributed by atoms with Crippen LogP contribution < -0.4 is 21.3 Å². The number of hydroxylamine groups is 2. The molecule has 5 N–H and O–H groups in total. The minimum Gasteiger partial charge on any atom is -0.445 e. The minimum absolute atomic E-state index is 0.00804. The molecule has 8 aliphatic heterocycles. The Bertz CT molecular complexity index is 2860. The third kappa shape index (κ3) is 29.2. The van der Waals surface area contributed by atoms with Crippen LogP contribution in [0.3, 0.4) is 0 Å². The van der Waals surface area contributed by atoms with E-state index in [0.717, 1.165) is 29.9 Å². The number of rotatable bonds is 52. The number of Topliss-reactive ketones (excluding diaryl/α,β-unsaturated/α-hetero) is 1. The van der Waals surface area contributed by atoms with Gasteiger partial charge in [-0.1, -0.05) is 46.4 Å². The summed E-state index contributed by atoms with van der Waals surface area (Å²) in [6, 6.07) is 5.71. The van der Waals surface area contributed by atoms with E-state index in [1.807, 2.05) is 0 Å². The van der Waals surface area contributed by atoms with E-state index < -0.39 is 47.8 Å². The number of carbonyl (C=O) groups is 8. The van der Waals surface area contributed by atoms with Crippen molar-refractivity contribution in [3.8, 4) is 0 Å². The van der Waals surface area contributed by atoms with Gasteiger partial charge < -0.3 is 117 Å². The van der Waals surface area contributed by atoms with E-state index in [2.05, 4.69) is 41.7 Å². The van der Waals surface area contributed by atoms with Crippen LogP contribution in [0.4, 0.5) is 10.5 Å². The minimum atomic E-state index is -0.967. The van der Waals surface area contributed by atoms with E-state index in [1.165, 1.54) is 7.05 Å². The lowest BCUT2D eigenvalue weighted by molar-refractivity contribution is -0.264. The van der Waals surface area contributed by atoms with Gasteiger partial charge in [-0.3, -0.25) is 24.0 Å². The van der Waals surface area contributed by atoms with Crippen molar-refractivity contribution >= 4 is 53.4 Å². The third-order valence-electron chi connectivity index (χ3n) is 19.5. The molecule has 9 rings (SSSR count). The van der Waals surface area contributed by atoms with Gasteiger partial charge >= 0.3 is 12.1 Å². The Morgan fingerprint density at radius 2 is 1.19 bits per heavy atom. The van der Waals surface area contributed by atoms with Gasteiger partial charge in [0.15, 0.2) is 6.29 Å². The highest BCUT2D eigenvalue weighted by Gasteiger charge is 2.65. The van der Waals surface area contributed by atoms with Crippen molar-refractivity contribution in [2.24, 2.45) is 17.8 Å². The summed E-state index contributed by atoms with van der Waals surface area (Å²) in [4.78, 5) is 104. The Labute approximate surface area is 621 Å². The molecule has 8 fully saturated rings. The van der Waals surface area contributed by atoms with Crippen molar-refractivity contribution in [1.82, 2.24) is 21.0 Å². The number of amides is 5. The fourth-order valence-electron chi connectivity index (χ4n) is 13.8. The summed E-state index contributed by atoms with van der Waals surface area (Å²) in [7, 11) is 1.31. The number of carbonyl (C=O) groups excluding carboxylic acids is 8. The zero-order valence-corrected chi connectivity index (χ0v) is 62.2. The summed E-state index contributed by atoms with van der Waals surface area (Å²) in [5, 5.41) is 22.7. The topological polar surface area (TPSA) is 374 Å². The molecule has 0 spiro atoms. The number of anilines is 1. The van der Waals surface area contributed by atoms with Crippen molar-refractivity contribution in [2.75, 3.05) is 144 Å². The molecule has 8 saturated heterocycles. The number of hydrogen-bond acceptors (Lipinski definition) is 27. The van der Waals surface area contributed by atoms with Gasteiger partial charge in [0, 0.05) is 70.6 Å². The molecule has 0 aliphatic carbocycles. The Morgan fingerprint density at radius 3 is 1.79 bits per heavy atom. The number of aliphatic hydroxyl groups excluding tert-OH is 1. The van der Waals surface area contributed by atoms with Gasteiger partial charge in [-0.25, -0.2) is 9.59 Å². The average Bonchev–Trinajstić information content (AvgIpc) is 1.57. The quantitative estimate of drug-likeness (QED) is 0.0269. The first-order chi connectivity index (χ1) is 51.3. The normalized spacial score (nSPS) is 26.9. The lowest BCUT2D eigenvalue weighted by Gasteiger charge is -2.46. The molecule has 8 heterocycles. The number of nitrogens with one attached hydrogen (secondary N) is 4. The van der Waals surface area contributed by atoms with E-state index in [4.69, 9.17) is 85.4 Å². The van der Waals surface area contributed by atoms with E-state index in [1.54, 1.807) is 38.1 Å². The molecule has 1 aromatic carbocycles. The van der Waals surface area contributed by atoms with Crippen LogP contribution in [0.15, 0.2) is 36.4 Å². The molecule has 32 nitrogen and oxygen atoms in total. The fourth-order valence-corrected chi connectivity index (χ4v) is 13.8. The molecule has 598 valence electrons. The van der Waals surface area contributed by atoms with E-state index >= 15 is 0 Å². The van der Waals surface area contributed by atoms with Crippen molar-refractivity contribution in [3.05, 3.63) is 42.0 Å². The molecule has 106 heavy (non-hydrogen) atoms. The third-order valence-corrected chi connectivity index (χ3v) is 19.5. The van der Waals surface area contributed by atoms with Crippen LogP contribution in [0.1, 0.15) is 123 Å². The summed E-state index contributed by atoms with van der Waals surface area (Å²) >= 11 is 0. The maximum atomic E-state index is 14.0. The Balaban J connectivity index is 0.589. The van der Waals surface area contributed by atoms with Crippen molar-refractivity contribution in [1.29, 1.82) is 0 Å². The molecule has 32 heteroatoms. The summed E-state index contributed by atoms with van der Waals surface area (Å²) in [6.45, 7) is 17.7. The number of nitrogens with zero attached hydrogens (tertiary/aromatic N) is 1. The van der Waals surface area contributed by atoms with E-state index in [0.29, 0.717) is 136 Å². The summed E-state index contributed by atoms with van der Waals surface area (Å²) < 4.78 is 100.0. The predicted molar refractivity (Wildman–Crippen MR) is 375 cm³/mol. The maximum absolute atomic E-state index is 14.0. The Morgan fingerprint density at radius 1 is 0.623 bits per heavy atom. The standard InChI is InChI=1S/C74H115N5O27/c1-7-55-37-48(4)49(5)59(99-55)42-60-51(38-53(81)40-56-14-15-58-68(101-56)71-72-70(102-58)69-61(103-72)43-66(104-69)105-71)39-57(100-60)41-54(82)44-76-74(88)98-46-50-10-12-52(13-11-50)77-63(84)45-75-73(87)67(47(2)3)78-62(83)16-19-89-21-23-91-25-27-93-29-31-95-33-35-97-36-34-96-32-30-94-28-26-92-24-22-90-20-17-65(86)106-79(6)64(85)9-8-18-80/h10-13,18,47-48,51,54-61,66-72,82H,5,7-9,14-17,19-46H2,1-4,6H3,(H,75,87)(H,76,88)(H,77,84)(H,78,83)/t48-,51-,54+,55+,56-,57+,58+,59?,60+,61-,66+,67?,68+,69+,70+,71+,72-/m1/s1. The number of hydrogen-bond donors (Lipinski definition) is 5. The van der Waals surface area contributed by atoms with Crippen molar-refractivity contribution in [2.45, 2.75) is 216 Å². The lowest BCUT2D eigenvalue weighted by atomic mass is 9.82. The van der Waals surface area contributed by atoms with E-state index in [9.17, 15) is 43.5 Å². The van der Waals surface area contributed by atoms with Crippen LogP contribution in [0, 0.1) is 17.8 Å². The fraction of sp³-hybridized carbons (Fsp3) is 0.784. The molecule has 17 atom stereocenters. The second kappa shape index (κ2) is 46.7. The molecule has 0 aromatic heterocycles. The molecule has 8 aliphatic rings. The smallest absolute Gasteiger partial charge is 0.407 e. The predicted octanol–water partition coefficient (Wildman–Crippen LogP) is 3.55. The number of benzene rings is 1. The Hall–Kier alpha value is -5.76.